The molecule has 2 aromatic rings. The van der Waals surface area contributed by atoms with Crippen molar-refractivity contribution in [3.63, 3.8) is 0 Å². The molecule has 0 fully saturated rings. The van der Waals surface area contributed by atoms with E-state index in [9.17, 15) is 4.79 Å². The summed E-state index contributed by atoms with van der Waals surface area (Å²) in [5, 5.41) is 9.07. The smallest absolute Gasteiger partial charge is 0.319 e. The summed E-state index contributed by atoms with van der Waals surface area (Å²) in [4.78, 5) is 20.2. The number of rotatable bonds is 3. The molecule has 0 saturated carbocycles. The van der Waals surface area contributed by atoms with E-state index >= 15 is 0 Å². The van der Waals surface area contributed by atoms with Gasteiger partial charge in [0.05, 0.1) is 30.3 Å². The third kappa shape index (κ3) is 4.27. The van der Waals surface area contributed by atoms with Crippen LogP contribution in [0.3, 0.4) is 0 Å². The summed E-state index contributed by atoms with van der Waals surface area (Å²) in [6.07, 6.45) is 3.18. The Morgan fingerprint density at radius 1 is 1.29 bits per heavy atom. The lowest BCUT2D eigenvalue weighted by Crippen LogP contribution is -2.28. The number of carbonyl (C=O) groups excluding carboxylic acids is 1. The number of aryl methyl sites for hydroxylation is 1. The fraction of sp³-hybridized carbons (Fsp3) is 0.429. The van der Waals surface area contributed by atoms with Gasteiger partial charge in [0.25, 0.3) is 0 Å². The fourth-order valence-corrected chi connectivity index (χ4v) is 1.62. The molecule has 0 aliphatic carbocycles. The Labute approximate surface area is 123 Å². The van der Waals surface area contributed by atoms with Gasteiger partial charge in [-0.1, -0.05) is 25.9 Å². The summed E-state index contributed by atoms with van der Waals surface area (Å²) >= 11 is 0. The molecule has 0 aromatic carbocycles. The Bertz CT molecular complexity index is 613. The summed E-state index contributed by atoms with van der Waals surface area (Å²) in [6, 6.07) is 1.41. The van der Waals surface area contributed by atoms with Crippen molar-refractivity contribution in [2.75, 3.05) is 5.32 Å². The third-order valence-electron chi connectivity index (χ3n) is 2.68. The number of carbonyl (C=O) groups is 1. The van der Waals surface area contributed by atoms with Crippen molar-refractivity contribution in [2.24, 2.45) is 0 Å². The number of hydrogen-bond donors (Lipinski definition) is 2. The molecule has 2 rings (SSSR count). The molecule has 0 saturated heterocycles. The molecule has 7 nitrogen and oxygen atoms in total. The van der Waals surface area contributed by atoms with E-state index in [1.165, 1.54) is 0 Å². The standard InChI is InChI=1S/C14H19N5O2/c1-9-5-11(21-19-9)8-17-13(20)18-10-6-15-12(16-7-10)14(2,3)4/h5-7H,8H2,1-4H3,(H2,17,18,20). The van der Waals surface area contributed by atoms with Crippen LogP contribution in [0.2, 0.25) is 0 Å². The molecule has 21 heavy (non-hydrogen) atoms. The molecule has 0 bridgehead atoms. The van der Waals surface area contributed by atoms with Gasteiger partial charge in [0.15, 0.2) is 5.76 Å². The van der Waals surface area contributed by atoms with Crippen LogP contribution < -0.4 is 10.6 Å². The first-order valence-electron chi connectivity index (χ1n) is 6.64. The molecule has 0 unspecified atom stereocenters. The van der Waals surface area contributed by atoms with E-state index in [0.717, 1.165) is 11.5 Å². The Balaban J connectivity index is 1.88. The number of urea groups is 1. The van der Waals surface area contributed by atoms with E-state index in [1.807, 2.05) is 27.7 Å². The van der Waals surface area contributed by atoms with Gasteiger partial charge in [0.1, 0.15) is 5.82 Å². The lowest BCUT2D eigenvalue weighted by Gasteiger charge is -2.16. The molecule has 0 aliphatic heterocycles. The Morgan fingerprint density at radius 2 is 1.95 bits per heavy atom. The summed E-state index contributed by atoms with van der Waals surface area (Å²) in [6.45, 7) is 8.18. The second-order valence-corrected chi connectivity index (χ2v) is 5.79. The molecular weight excluding hydrogens is 270 g/mol. The quantitative estimate of drug-likeness (QED) is 0.905. The first-order chi connectivity index (χ1) is 9.84. The van der Waals surface area contributed by atoms with Gasteiger partial charge in [-0.15, -0.1) is 0 Å². The van der Waals surface area contributed by atoms with Gasteiger partial charge in [-0.3, -0.25) is 0 Å². The number of amides is 2. The minimum absolute atomic E-state index is 0.120. The molecular formula is C14H19N5O2. The number of aromatic nitrogens is 3. The lowest BCUT2D eigenvalue weighted by atomic mass is 9.96. The molecule has 2 heterocycles. The number of nitrogens with zero attached hydrogens (tertiary/aromatic N) is 3. The fourth-order valence-electron chi connectivity index (χ4n) is 1.62. The van der Waals surface area contributed by atoms with Gasteiger partial charge in [-0.2, -0.15) is 0 Å². The van der Waals surface area contributed by atoms with E-state index < -0.39 is 0 Å². The van der Waals surface area contributed by atoms with Crippen LogP contribution in [0.1, 0.15) is 38.0 Å². The van der Waals surface area contributed by atoms with E-state index in [4.69, 9.17) is 4.52 Å². The highest BCUT2D eigenvalue weighted by Gasteiger charge is 2.16. The second kappa shape index (κ2) is 5.90. The summed E-state index contributed by atoms with van der Waals surface area (Å²) < 4.78 is 5.00. The monoisotopic (exact) mass is 289 g/mol. The van der Waals surface area contributed by atoms with Crippen molar-refractivity contribution in [3.05, 3.63) is 35.7 Å². The number of nitrogens with one attached hydrogen (secondary N) is 2. The number of anilines is 1. The van der Waals surface area contributed by atoms with Crippen LogP contribution in [0.4, 0.5) is 10.5 Å². The van der Waals surface area contributed by atoms with Crippen LogP contribution in [0.15, 0.2) is 23.0 Å². The summed E-state index contributed by atoms with van der Waals surface area (Å²) in [7, 11) is 0. The van der Waals surface area contributed by atoms with E-state index in [1.54, 1.807) is 18.5 Å². The van der Waals surface area contributed by atoms with Crippen LogP contribution in [-0.2, 0) is 12.0 Å². The van der Waals surface area contributed by atoms with Crippen molar-refractivity contribution in [1.29, 1.82) is 0 Å². The average Bonchev–Trinajstić information content (AvgIpc) is 2.82. The van der Waals surface area contributed by atoms with Crippen molar-refractivity contribution >= 4 is 11.7 Å². The molecule has 112 valence electrons. The molecule has 2 amide bonds. The zero-order chi connectivity index (χ0) is 15.5. The first kappa shape index (κ1) is 15.0. The van der Waals surface area contributed by atoms with Crippen molar-refractivity contribution in [2.45, 2.75) is 39.7 Å². The molecule has 0 spiro atoms. The summed E-state index contributed by atoms with van der Waals surface area (Å²) in [5.41, 5.74) is 1.19. The van der Waals surface area contributed by atoms with Gasteiger partial charge in [0, 0.05) is 11.5 Å². The zero-order valence-corrected chi connectivity index (χ0v) is 12.6. The maximum Gasteiger partial charge on any atom is 0.319 e. The van der Waals surface area contributed by atoms with E-state index in [2.05, 4.69) is 25.8 Å². The minimum Gasteiger partial charge on any atom is -0.359 e. The first-order valence-corrected chi connectivity index (χ1v) is 6.64. The van der Waals surface area contributed by atoms with Crippen LogP contribution >= 0.6 is 0 Å². The Hall–Kier alpha value is -2.44. The normalized spacial score (nSPS) is 11.2. The maximum atomic E-state index is 11.7. The Morgan fingerprint density at radius 3 is 2.48 bits per heavy atom. The highest BCUT2D eigenvalue weighted by atomic mass is 16.5. The van der Waals surface area contributed by atoms with Crippen molar-refractivity contribution in [1.82, 2.24) is 20.4 Å². The molecule has 2 aromatic heterocycles. The Kier molecular flexibility index (Phi) is 4.21. The highest BCUT2D eigenvalue weighted by Crippen LogP contribution is 2.18. The van der Waals surface area contributed by atoms with Crippen LogP contribution in [0.25, 0.3) is 0 Å². The van der Waals surface area contributed by atoms with Gasteiger partial charge in [0.2, 0.25) is 0 Å². The molecule has 7 heteroatoms. The van der Waals surface area contributed by atoms with Gasteiger partial charge in [-0.05, 0) is 6.92 Å². The highest BCUT2D eigenvalue weighted by molar-refractivity contribution is 5.88. The van der Waals surface area contributed by atoms with Crippen LogP contribution in [0, 0.1) is 6.92 Å². The largest absolute Gasteiger partial charge is 0.359 e. The predicted octanol–water partition coefficient (Wildman–Crippen LogP) is 2.39. The molecule has 0 atom stereocenters. The van der Waals surface area contributed by atoms with Crippen LogP contribution in [-0.4, -0.2) is 21.2 Å². The predicted molar refractivity (Wildman–Crippen MR) is 77.8 cm³/mol. The molecule has 0 aliphatic rings. The van der Waals surface area contributed by atoms with Gasteiger partial charge >= 0.3 is 6.03 Å². The minimum atomic E-state index is -0.351. The van der Waals surface area contributed by atoms with Crippen molar-refractivity contribution < 1.29 is 9.32 Å². The van der Waals surface area contributed by atoms with Gasteiger partial charge in [-0.25, -0.2) is 14.8 Å². The topological polar surface area (TPSA) is 92.9 Å². The van der Waals surface area contributed by atoms with E-state index in [0.29, 0.717) is 11.4 Å². The number of hydrogen-bond acceptors (Lipinski definition) is 5. The van der Waals surface area contributed by atoms with Crippen LogP contribution in [0.5, 0.6) is 0 Å². The maximum absolute atomic E-state index is 11.7. The van der Waals surface area contributed by atoms with Gasteiger partial charge < -0.3 is 15.2 Å². The summed E-state index contributed by atoms with van der Waals surface area (Å²) in [5.74, 6) is 1.33. The van der Waals surface area contributed by atoms with Crippen molar-refractivity contribution in [3.8, 4) is 0 Å². The molecule has 0 radical (unpaired) electrons. The molecule has 2 N–H and O–H groups in total. The van der Waals surface area contributed by atoms with E-state index in [-0.39, 0.29) is 18.0 Å². The average molecular weight is 289 g/mol. The SMILES string of the molecule is Cc1cc(CNC(=O)Nc2cnc(C(C)(C)C)nc2)on1. The third-order valence-corrected chi connectivity index (χ3v) is 2.68. The zero-order valence-electron chi connectivity index (χ0n) is 12.6. The second-order valence-electron chi connectivity index (χ2n) is 5.79. The lowest BCUT2D eigenvalue weighted by molar-refractivity contribution is 0.250.